The first kappa shape index (κ1) is 21.5. The van der Waals surface area contributed by atoms with Gasteiger partial charge in [-0.15, -0.1) is 0 Å². The summed E-state index contributed by atoms with van der Waals surface area (Å²) in [6.45, 7) is 7.46. The maximum Gasteiger partial charge on any atom is 0.232 e. The second kappa shape index (κ2) is 9.16. The molecule has 3 heterocycles. The van der Waals surface area contributed by atoms with Gasteiger partial charge in [0.15, 0.2) is 5.82 Å². The summed E-state index contributed by atoms with van der Waals surface area (Å²) in [5.74, 6) is 2.01. The molecule has 2 aliphatic rings. The molecule has 0 aliphatic carbocycles. The van der Waals surface area contributed by atoms with Gasteiger partial charge in [-0.2, -0.15) is 0 Å². The van der Waals surface area contributed by atoms with Crippen molar-refractivity contribution in [2.45, 2.75) is 65.3 Å². The summed E-state index contributed by atoms with van der Waals surface area (Å²) >= 11 is 0. The molecule has 0 radical (unpaired) electrons. The maximum absolute atomic E-state index is 12.9. The number of aryl methyl sites for hydroxylation is 1. The number of nitrogens with zero attached hydrogens (tertiary/aromatic N) is 4. The lowest BCUT2D eigenvalue weighted by Crippen LogP contribution is -2.40. The van der Waals surface area contributed by atoms with Gasteiger partial charge in [0, 0.05) is 30.8 Å². The number of amides is 2. The Hall–Kier alpha value is -2.76. The van der Waals surface area contributed by atoms with E-state index in [0.29, 0.717) is 31.1 Å². The molecule has 0 spiro atoms. The van der Waals surface area contributed by atoms with Crippen LogP contribution in [0.25, 0.3) is 0 Å². The first-order chi connectivity index (χ1) is 14.9. The van der Waals surface area contributed by atoms with Crippen LogP contribution in [-0.4, -0.2) is 39.8 Å². The highest BCUT2D eigenvalue weighted by molar-refractivity contribution is 6.00. The molecule has 6 heteroatoms. The van der Waals surface area contributed by atoms with Crippen LogP contribution >= 0.6 is 0 Å². The van der Waals surface area contributed by atoms with Crippen LogP contribution in [0.4, 0.5) is 5.82 Å². The molecule has 6 nitrogen and oxygen atoms in total. The largest absolute Gasteiger partial charge is 0.332 e. The molecule has 2 aromatic rings. The Kier molecular flexibility index (Phi) is 6.35. The Morgan fingerprint density at radius 3 is 2.68 bits per heavy atom. The van der Waals surface area contributed by atoms with E-state index in [4.69, 9.17) is 9.97 Å². The number of benzene rings is 1. The van der Waals surface area contributed by atoms with Gasteiger partial charge in [-0.05, 0) is 44.1 Å². The van der Waals surface area contributed by atoms with E-state index in [0.717, 1.165) is 49.3 Å². The molecule has 2 aliphatic heterocycles. The predicted molar refractivity (Wildman–Crippen MR) is 121 cm³/mol. The van der Waals surface area contributed by atoms with Crippen molar-refractivity contribution in [3.63, 3.8) is 0 Å². The summed E-state index contributed by atoms with van der Waals surface area (Å²) in [6, 6.07) is 10.1. The third-order valence-electron chi connectivity index (χ3n) is 6.27. The van der Waals surface area contributed by atoms with Crippen molar-refractivity contribution in [3.8, 4) is 0 Å². The maximum atomic E-state index is 12.9. The van der Waals surface area contributed by atoms with E-state index in [1.807, 2.05) is 34.9 Å². The minimum absolute atomic E-state index is 0.0804. The summed E-state index contributed by atoms with van der Waals surface area (Å²) in [7, 11) is 0. The van der Waals surface area contributed by atoms with Gasteiger partial charge in [-0.25, -0.2) is 9.97 Å². The van der Waals surface area contributed by atoms with Crippen LogP contribution in [-0.2, 0) is 22.4 Å². The highest BCUT2D eigenvalue weighted by Crippen LogP contribution is 2.35. The van der Waals surface area contributed by atoms with E-state index in [1.54, 1.807) is 0 Å². The molecule has 1 saturated heterocycles. The Bertz CT molecular complexity index is 957. The molecule has 0 N–H and O–H groups in total. The SMILES string of the molecule is Cc1nc([C@H]2CCCCN2C(=O)CC(C)C)nc2c1CC(=O)N2CCc1ccccc1. The number of carbonyl (C=O) groups is 2. The molecule has 1 aromatic heterocycles. The van der Waals surface area contributed by atoms with Gasteiger partial charge in [-0.3, -0.25) is 14.5 Å². The fourth-order valence-electron chi connectivity index (χ4n) is 4.63. The fraction of sp³-hybridized carbons (Fsp3) is 0.520. The molecular weight excluding hydrogens is 388 g/mol. The second-order valence-corrected chi connectivity index (χ2v) is 9.12. The van der Waals surface area contributed by atoms with Gasteiger partial charge in [0.1, 0.15) is 5.82 Å². The standard InChI is InChI=1S/C25H32N4O2/c1-17(2)15-22(30)28-13-8-7-11-21(28)24-26-18(3)20-16-23(31)29(25(20)27-24)14-12-19-9-5-4-6-10-19/h4-6,9-10,17,21H,7-8,11-16H2,1-3H3/t21-/m1/s1. The highest BCUT2D eigenvalue weighted by atomic mass is 16.2. The first-order valence-electron chi connectivity index (χ1n) is 11.4. The molecule has 1 fully saturated rings. The quantitative estimate of drug-likeness (QED) is 0.708. The number of anilines is 1. The van der Waals surface area contributed by atoms with E-state index in [2.05, 4.69) is 26.0 Å². The van der Waals surface area contributed by atoms with Crippen LogP contribution in [0.5, 0.6) is 0 Å². The predicted octanol–water partition coefficient (Wildman–Crippen LogP) is 4.02. The van der Waals surface area contributed by atoms with Crippen molar-refractivity contribution >= 4 is 17.6 Å². The van der Waals surface area contributed by atoms with E-state index >= 15 is 0 Å². The number of rotatable bonds is 6. The Balaban J connectivity index is 1.60. The third-order valence-corrected chi connectivity index (χ3v) is 6.27. The molecule has 0 saturated carbocycles. The van der Waals surface area contributed by atoms with Gasteiger partial charge in [0.25, 0.3) is 0 Å². The van der Waals surface area contributed by atoms with Crippen molar-refractivity contribution in [2.24, 2.45) is 5.92 Å². The van der Waals surface area contributed by atoms with Crippen LogP contribution in [0, 0.1) is 12.8 Å². The number of hydrogen-bond donors (Lipinski definition) is 0. The number of likely N-dealkylation sites (tertiary alicyclic amines) is 1. The first-order valence-corrected chi connectivity index (χ1v) is 11.4. The molecule has 2 amide bonds. The Morgan fingerprint density at radius 2 is 1.94 bits per heavy atom. The van der Waals surface area contributed by atoms with Gasteiger partial charge in [0.05, 0.1) is 12.5 Å². The van der Waals surface area contributed by atoms with Crippen LogP contribution in [0.1, 0.15) is 68.2 Å². The normalized spacial score (nSPS) is 18.6. The molecule has 31 heavy (non-hydrogen) atoms. The Morgan fingerprint density at radius 1 is 1.16 bits per heavy atom. The molecule has 164 valence electrons. The van der Waals surface area contributed by atoms with Crippen LogP contribution in [0.15, 0.2) is 30.3 Å². The zero-order chi connectivity index (χ0) is 22.0. The van der Waals surface area contributed by atoms with Crippen molar-refractivity contribution in [2.75, 3.05) is 18.0 Å². The highest BCUT2D eigenvalue weighted by Gasteiger charge is 2.35. The van der Waals surface area contributed by atoms with Crippen LogP contribution in [0.3, 0.4) is 0 Å². The lowest BCUT2D eigenvalue weighted by atomic mass is 9.99. The van der Waals surface area contributed by atoms with Crippen LogP contribution in [0.2, 0.25) is 0 Å². The second-order valence-electron chi connectivity index (χ2n) is 9.12. The summed E-state index contributed by atoms with van der Waals surface area (Å²) in [6.07, 6.45) is 4.64. The van der Waals surface area contributed by atoms with E-state index in [9.17, 15) is 9.59 Å². The molecule has 4 rings (SSSR count). The van der Waals surface area contributed by atoms with E-state index in [1.165, 1.54) is 5.56 Å². The van der Waals surface area contributed by atoms with Crippen molar-refractivity contribution in [1.29, 1.82) is 0 Å². The molecule has 0 bridgehead atoms. The minimum atomic E-state index is -0.101. The van der Waals surface area contributed by atoms with Crippen molar-refractivity contribution < 1.29 is 9.59 Å². The number of fused-ring (bicyclic) bond motifs is 1. The summed E-state index contributed by atoms with van der Waals surface area (Å²) in [5.41, 5.74) is 2.99. The zero-order valence-electron chi connectivity index (χ0n) is 18.8. The molecular formula is C25H32N4O2. The molecule has 1 atom stereocenters. The van der Waals surface area contributed by atoms with E-state index in [-0.39, 0.29) is 17.9 Å². The smallest absolute Gasteiger partial charge is 0.232 e. The van der Waals surface area contributed by atoms with Crippen molar-refractivity contribution in [1.82, 2.24) is 14.9 Å². The third kappa shape index (κ3) is 4.63. The monoisotopic (exact) mass is 420 g/mol. The van der Waals surface area contributed by atoms with E-state index < -0.39 is 0 Å². The lowest BCUT2D eigenvalue weighted by molar-refractivity contribution is -0.136. The number of piperidine rings is 1. The molecule has 1 aromatic carbocycles. The van der Waals surface area contributed by atoms with Gasteiger partial charge in [-0.1, -0.05) is 44.2 Å². The number of aromatic nitrogens is 2. The minimum Gasteiger partial charge on any atom is -0.332 e. The van der Waals surface area contributed by atoms with Gasteiger partial charge in [0.2, 0.25) is 11.8 Å². The van der Waals surface area contributed by atoms with Gasteiger partial charge >= 0.3 is 0 Å². The fourth-order valence-corrected chi connectivity index (χ4v) is 4.63. The number of hydrogen-bond acceptors (Lipinski definition) is 4. The van der Waals surface area contributed by atoms with Crippen LogP contribution < -0.4 is 4.90 Å². The topological polar surface area (TPSA) is 66.4 Å². The average molecular weight is 421 g/mol. The summed E-state index contributed by atoms with van der Waals surface area (Å²) in [5, 5.41) is 0. The summed E-state index contributed by atoms with van der Waals surface area (Å²) in [4.78, 5) is 39.1. The lowest BCUT2D eigenvalue weighted by Gasteiger charge is -2.35. The van der Waals surface area contributed by atoms with Crippen molar-refractivity contribution in [3.05, 3.63) is 53.0 Å². The molecule has 0 unspecified atom stereocenters. The number of carbonyl (C=O) groups excluding carboxylic acids is 2. The zero-order valence-corrected chi connectivity index (χ0v) is 18.8. The average Bonchev–Trinajstić information content (AvgIpc) is 3.08. The Labute approximate surface area is 184 Å². The summed E-state index contributed by atoms with van der Waals surface area (Å²) < 4.78 is 0. The van der Waals surface area contributed by atoms with Gasteiger partial charge < -0.3 is 4.90 Å².